The normalized spacial score (nSPS) is 30.0. The van der Waals surface area contributed by atoms with Crippen LogP contribution in [0.2, 0.25) is 0 Å². The number of hydrogen-bond donors (Lipinski definition) is 2. The molecule has 3 rings (SSSR count). The van der Waals surface area contributed by atoms with Gasteiger partial charge in [-0.05, 0) is 24.9 Å². The van der Waals surface area contributed by atoms with Gasteiger partial charge in [-0.2, -0.15) is 0 Å². The summed E-state index contributed by atoms with van der Waals surface area (Å²) in [5.41, 5.74) is 1.33. The number of nitrogens with one attached hydrogen (secondary N) is 1. The molecule has 6 nitrogen and oxygen atoms in total. The zero-order valence-electron chi connectivity index (χ0n) is 15.1. The number of carbonyl (C=O) groups is 1. The molecule has 2 aliphatic heterocycles. The fourth-order valence-electron chi connectivity index (χ4n) is 4.18. The lowest BCUT2D eigenvalue weighted by atomic mass is 9.89. The Labute approximate surface area is 149 Å². The van der Waals surface area contributed by atoms with Crippen molar-refractivity contribution in [1.82, 2.24) is 15.1 Å². The average Bonchev–Trinajstić information content (AvgIpc) is 3.16. The van der Waals surface area contributed by atoms with E-state index in [2.05, 4.69) is 41.5 Å². The van der Waals surface area contributed by atoms with Crippen LogP contribution in [0.1, 0.15) is 17.9 Å². The van der Waals surface area contributed by atoms with Crippen molar-refractivity contribution in [3.05, 3.63) is 35.9 Å². The number of aliphatic hydroxyl groups excluding tert-OH is 1. The second-order valence-corrected chi connectivity index (χ2v) is 7.34. The third-order valence-corrected chi connectivity index (χ3v) is 5.38. The SMILES string of the molecule is COC[C@H]1C[C@@H](O)CN1C(=O)NC[C@@H]1CN(C)C[C@H]1c1ccccc1. The lowest BCUT2D eigenvalue weighted by Crippen LogP contribution is -2.46. The molecular formula is C19H29N3O3. The molecule has 2 fully saturated rings. The highest BCUT2D eigenvalue weighted by Gasteiger charge is 2.36. The van der Waals surface area contributed by atoms with E-state index in [1.165, 1.54) is 5.56 Å². The summed E-state index contributed by atoms with van der Waals surface area (Å²) in [5.74, 6) is 0.829. The summed E-state index contributed by atoms with van der Waals surface area (Å²) in [7, 11) is 3.75. The number of hydrogen-bond acceptors (Lipinski definition) is 4. The van der Waals surface area contributed by atoms with Crippen LogP contribution in [-0.2, 0) is 4.74 Å². The number of benzene rings is 1. The molecule has 138 valence electrons. The Bertz CT molecular complexity index is 568. The van der Waals surface area contributed by atoms with Gasteiger partial charge in [0.05, 0.1) is 18.8 Å². The predicted molar refractivity (Wildman–Crippen MR) is 96.6 cm³/mol. The van der Waals surface area contributed by atoms with E-state index >= 15 is 0 Å². The summed E-state index contributed by atoms with van der Waals surface area (Å²) >= 11 is 0. The molecule has 2 amide bonds. The zero-order valence-corrected chi connectivity index (χ0v) is 15.1. The molecular weight excluding hydrogens is 318 g/mol. The minimum Gasteiger partial charge on any atom is -0.391 e. The monoisotopic (exact) mass is 347 g/mol. The van der Waals surface area contributed by atoms with Gasteiger partial charge in [0.2, 0.25) is 0 Å². The van der Waals surface area contributed by atoms with E-state index in [1.807, 2.05) is 6.07 Å². The third-order valence-electron chi connectivity index (χ3n) is 5.38. The predicted octanol–water partition coefficient (Wildman–Crippen LogP) is 1.12. The first-order valence-electron chi connectivity index (χ1n) is 9.03. The fraction of sp³-hybridized carbons (Fsp3) is 0.632. The summed E-state index contributed by atoms with van der Waals surface area (Å²) in [6.07, 6.45) is 0.126. The number of amides is 2. The van der Waals surface area contributed by atoms with Crippen LogP contribution in [-0.4, -0.2) is 80.0 Å². The topological polar surface area (TPSA) is 65.0 Å². The van der Waals surface area contributed by atoms with Crippen LogP contribution < -0.4 is 5.32 Å². The minimum atomic E-state index is -0.458. The lowest BCUT2D eigenvalue weighted by Gasteiger charge is -2.26. The van der Waals surface area contributed by atoms with Gasteiger partial charge in [-0.3, -0.25) is 0 Å². The summed E-state index contributed by atoms with van der Waals surface area (Å²) < 4.78 is 5.18. The van der Waals surface area contributed by atoms with E-state index in [-0.39, 0.29) is 12.1 Å². The highest BCUT2D eigenvalue weighted by Crippen LogP contribution is 2.31. The van der Waals surface area contributed by atoms with Gasteiger partial charge < -0.3 is 25.0 Å². The number of likely N-dealkylation sites (N-methyl/N-ethyl adjacent to an activating group) is 1. The maximum Gasteiger partial charge on any atom is 0.317 e. The van der Waals surface area contributed by atoms with Crippen molar-refractivity contribution in [2.24, 2.45) is 5.92 Å². The summed E-state index contributed by atoms with van der Waals surface area (Å²) in [4.78, 5) is 16.6. The minimum absolute atomic E-state index is 0.0452. The van der Waals surface area contributed by atoms with Crippen molar-refractivity contribution in [2.75, 3.05) is 46.9 Å². The average molecular weight is 347 g/mol. The zero-order chi connectivity index (χ0) is 17.8. The van der Waals surface area contributed by atoms with E-state index < -0.39 is 6.10 Å². The molecule has 1 aromatic carbocycles. The second kappa shape index (κ2) is 8.17. The maximum atomic E-state index is 12.6. The molecule has 0 saturated carbocycles. The van der Waals surface area contributed by atoms with Crippen molar-refractivity contribution in [1.29, 1.82) is 0 Å². The van der Waals surface area contributed by atoms with E-state index in [9.17, 15) is 9.90 Å². The Balaban J connectivity index is 1.59. The Hall–Kier alpha value is -1.63. The van der Waals surface area contributed by atoms with Crippen molar-refractivity contribution >= 4 is 6.03 Å². The lowest BCUT2D eigenvalue weighted by molar-refractivity contribution is 0.123. The summed E-state index contributed by atoms with van der Waals surface area (Å²) in [6.45, 7) is 3.48. The number of likely N-dealkylation sites (tertiary alicyclic amines) is 2. The van der Waals surface area contributed by atoms with Gasteiger partial charge in [-0.25, -0.2) is 4.79 Å². The van der Waals surface area contributed by atoms with Crippen molar-refractivity contribution in [3.63, 3.8) is 0 Å². The van der Waals surface area contributed by atoms with Gasteiger partial charge in [0.25, 0.3) is 0 Å². The van der Waals surface area contributed by atoms with Gasteiger partial charge >= 0.3 is 6.03 Å². The van der Waals surface area contributed by atoms with E-state index in [0.717, 1.165) is 13.1 Å². The molecule has 2 saturated heterocycles. The molecule has 25 heavy (non-hydrogen) atoms. The fourth-order valence-corrected chi connectivity index (χ4v) is 4.18. The third kappa shape index (κ3) is 4.32. The molecule has 0 spiro atoms. The molecule has 6 heteroatoms. The second-order valence-electron chi connectivity index (χ2n) is 7.34. The van der Waals surface area contributed by atoms with Crippen LogP contribution >= 0.6 is 0 Å². The van der Waals surface area contributed by atoms with Crippen LogP contribution in [0.3, 0.4) is 0 Å². The number of β-amino-alcohol motifs (C(OH)–C–C–N with tert-alkyl or cyclic N) is 1. The van der Waals surface area contributed by atoms with Crippen LogP contribution in [0.4, 0.5) is 4.79 Å². The van der Waals surface area contributed by atoms with Crippen LogP contribution in [0.5, 0.6) is 0 Å². The maximum absolute atomic E-state index is 12.6. The first-order chi connectivity index (χ1) is 12.1. The number of carbonyl (C=O) groups excluding carboxylic acids is 1. The Morgan fingerprint density at radius 3 is 2.76 bits per heavy atom. The quantitative estimate of drug-likeness (QED) is 0.838. The smallest absolute Gasteiger partial charge is 0.317 e. The molecule has 4 atom stereocenters. The van der Waals surface area contributed by atoms with Crippen molar-refractivity contribution in [2.45, 2.75) is 24.5 Å². The van der Waals surface area contributed by atoms with Crippen LogP contribution in [0, 0.1) is 5.92 Å². The number of nitrogens with zero attached hydrogens (tertiary/aromatic N) is 2. The van der Waals surface area contributed by atoms with Gasteiger partial charge in [-0.1, -0.05) is 30.3 Å². The first-order valence-corrected chi connectivity index (χ1v) is 9.03. The van der Waals surface area contributed by atoms with Gasteiger partial charge in [0.15, 0.2) is 0 Å². The molecule has 0 aliphatic carbocycles. The highest BCUT2D eigenvalue weighted by atomic mass is 16.5. The standard InChI is InChI=1S/C19H29N3O3/c1-21-10-15(18(12-21)14-6-4-3-5-7-14)9-20-19(24)22-11-17(23)8-16(22)13-25-2/h3-7,15-18,23H,8-13H2,1-2H3,(H,20,24)/t15-,16-,17-,18+/m1/s1. The van der Waals surface area contributed by atoms with Crippen molar-refractivity contribution in [3.8, 4) is 0 Å². The number of rotatable bonds is 5. The molecule has 2 heterocycles. The molecule has 1 aromatic rings. The van der Waals surface area contributed by atoms with Gasteiger partial charge in [0.1, 0.15) is 0 Å². The Kier molecular flexibility index (Phi) is 5.93. The van der Waals surface area contributed by atoms with E-state index in [0.29, 0.717) is 38.0 Å². The highest BCUT2D eigenvalue weighted by molar-refractivity contribution is 5.75. The van der Waals surface area contributed by atoms with Crippen LogP contribution in [0.25, 0.3) is 0 Å². The first kappa shape index (κ1) is 18.2. The van der Waals surface area contributed by atoms with Gasteiger partial charge in [-0.15, -0.1) is 0 Å². The number of methoxy groups -OCH3 is 1. The van der Waals surface area contributed by atoms with E-state index in [1.54, 1.807) is 12.0 Å². The van der Waals surface area contributed by atoms with Crippen molar-refractivity contribution < 1.29 is 14.6 Å². The Morgan fingerprint density at radius 1 is 1.28 bits per heavy atom. The molecule has 0 radical (unpaired) electrons. The largest absolute Gasteiger partial charge is 0.391 e. The van der Waals surface area contributed by atoms with E-state index in [4.69, 9.17) is 4.74 Å². The molecule has 2 aliphatic rings. The summed E-state index contributed by atoms with van der Waals surface area (Å²) in [5, 5.41) is 13.0. The number of aliphatic hydroxyl groups is 1. The molecule has 0 aromatic heterocycles. The Morgan fingerprint density at radius 2 is 2.04 bits per heavy atom. The molecule has 2 N–H and O–H groups in total. The van der Waals surface area contributed by atoms with Crippen LogP contribution in [0.15, 0.2) is 30.3 Å². The molecule has 0 bridgehead atoms. The number of ether oxygens (including phenoxy) is 1. The summed E-state index contributed by atoms with van der Waals surface area (Å²) in [6, 6.07) is 10.4. The van der Waals surface area contributed by atoms with Gasteiger partial charge in [0, 0.05) is 39.2 Å². The molecule has 0 unspecified atom stereocenters. The number of urea groups is 1.